The molecular formula is C27H25N3O2. The highest BCUT2D eigenvalue weighted by molar-refractivity contribution is 6.21. The van der Waals surface area contributed by atoms with Crippen LogP contribution in [0.2, 0.25) is 0 Å². The van der Waals surface area contributed by atoms with Gasteiger partial charge in [0.25, 0.3) is 11.8 Å². The van der Waals surface area contributed by atoms with Crippen molar-refractivity contribution in [3.8, 4) is 0 Å². The Morgan fingerprint density at radius 2 is 1.38 bits per heavy atom. The molecule has 160 valence electrons. The van der Waals surface area contributed by atoms with E-state index in [9.17, 15) is 9.59 Å². The summed E-state index contributed by atoms with van der Waals surface area (Å²) in [5.41, 5.74) is 6.52. The zero-order valence-electron chi connectivity index (χ0n) is 17.9. The lowest BCUT2D eigenvalue weighted by Gasteiger charge is -2.43. The van der Waals surface area contributed by atoms with Gasteiger partial charge in [-0.05, 0) is 41.3 Å². The van der Waals surface area contributed by atoms with Crippen LogP contribution in [0.15, 0.2) is 72.8 Å². The van der Waals surface area contributed by atoms with Gasteiger partial charge in [-0.15, -0.1) is 0 Å². The van der Waals surface area contributed by atoms with Gasteiger partial charge in [-0.1, -0.05) is 54.6 Å². The standard InChI is InChI=1S/C27H25N3O2/c31-26-22-10-4-5-11-23(22)27(32)30(26)16-14-28-13-15-29-24-12-6-2-8-20(24)17-19-7-1-3-9-21(19)25(29)18-28/h1-12,25H,13-18H2/t25-/m0/s1. The Bertz CT molecular complexity index is 1190. The number of anilines is 1. The summed E-state index contributed by atoms with van der Waals surface area (Å²) in [6, 6.07) is 24.9. The van der Waals surface area contributed by atoms with Gasteiger partial charge in [0.05, 0.1) is 17.2 Å². The van der Waals surface area contributed by atoms with E-state index in [1.807, 2.05) is 12.1 Å². The van der Waals surface area contributed by atoms with E-state index in [4.69, 9.17) is 0 Å². The van der Waals surface area contributed by atoms with Crippen molar-refractivity contribution in [1.82, 2.24) is 9.80 Å². The normalized spacial score (nSPS) is 19.8. The smallest absolute Gasteiger partial charge is 0.261 e. The molecule has 0 unspecified atom stereocenters. The molecule has 0 bridgehead atoms. The number of carbonyl (C=O) groups is 2. The number of nitrogens with zero attached hydrogens (tertiary/aromatic N) is 3. The van der Waals surface area contributed by atoms with E-state index in [1.54, 1.807) is 12.1 Å². The maximum absolute atomic E-state index is 12.7. The largest absolute Gasteiger partial charge is 0.362 e. The highest BCUT2D eigenvalue weighted by atomic mass is 16.2. The van der Waals surface area contributed by atoms with Crippen molar-refractivity contribution >= 4 is 17.5 Å². The molecule has 1 fully saturated rings. The van der Waals surface area contributed by atoms with Crippen LogP contribution < -0.4 is 4.90 Å². The van der Waals surface area contributed by atoms with Gasteiger partial charge in [0.2, 0.25) is 0 Å². The summed E-state index contributed by atoms with van der Waals surface area (Å²) >= 11 is 0. The Balaban J connectivity index is 1.23. The van der Waals surface area contributed by atoms with Crippen LogP contribution in [0.5, 0.6) is 0 Å². The number of carbonyl (C=O) groups excluding carboxylic acids is 2. The fraction of sp³-hybridized carbons (Fsp3) is 0.259. The van der Waals surface area contributed by atoms with E-state index in [-0.39, 0.29) is 17.9 Å². The minimum atomic E-state index is -0.169. The number of rotatable bonds is 3. The summed E-state index contributed by atoms with van der Waals surface area (Å²) in [7, 11) is 0. The van der Waals surface area contributed by atoms with E-state index < -0.39 is 0 Å². The number of hydrogen-bond acceptors (Lipinski definition) is 4. The Hall–Kier alpha value is -3.44. The van der Waals surface area contributed by atoms with E-state index in [1.165, 1.54) is 27.3 Å². The molecular weight excluding hydrogens is 398 g/mol. The summed E-state index contributed by atoms with van der Waals surface area (Å²) < 4.78 is 0. The molecule has 3 heterocycles. The van der Waals surface area contributed by atoms with Gasteiger partial charge in [-0.2, -0.15) is 0 Å². The maximum atomic E-state index is 12.7. The molecule has 6 rings (SSSR count). The third-order valence-electron chi connectivity index (χ3n) is 7.08. The molecule has 3 aliphatic rings. The summed E-state index contributed by atoms with van der Waals surface area (Å²) in [6.07, 6.45) is 0.953. The first-order valence-electron chi connectivity index (χ1n) is 11.3. The average molecular weight is 424 g/mol. The first kappa shape index (κ1) is 19.3. The third kappa shape index (κ3) is 3.04. The van der Waals surface area contributed by atoms with Crippen molar-refractivity contribution in [3.05, 3.63) is 101 Å². The van der Waals surface area contributed by atoms with Crippen LogP contribution in [-0.2, 0) is 6.42 Å². The molecule has 0 aliphatic carbocycles. The third-order valence-corrected chi connectivity index (χ3v) is 7.08. The molecule has 0 spiro atoms. The van der Waals surface area contributed by atoms with Crippen molar-refractivity contribution < 1.29 is 9.59 Å². The minimum absolute atomic E-state index is 0.169. The summed E-state index contributed by atoms with van der Waals surface area (Å²) in [5.74, 6) is -0.337. The number of para-hydroxylation sites is 1. The number of benzene rings is 3. The molecule has 2 amide bonds. The van der Waals surface area contributed by atoms with E-state index in [2.05, 4.69) is 58.3 Å². The SMILES string of the molecule is O=C1c2ccccc2C(=O)N1CCN1CCN2c3ccccc3Cc3ccccc3[C@@H]2C1. The predicted molar refractivity (Wildman–Crippen MR) is 124 cm³/mol. The van der Waals surface area contributed by atoms with Gasteiger partial charge >= 0.3 is 0 Å². The van der Waals surface area contributed by atoms with Crippen LogP contribution in [0.3, 0.4) is 0 Å². The topological polar surface area (TPSA) is 43.9 Å². The lowest BCUT2D eigenvalue weighted by molar-refractivity contribution is 0.0631. The van der Waals surface area contributed by atoms with Gasteiger partial charge in [-0.25, -0.2) is 0 Å². The Labute approximate surface area is 187 Å². The van der Waals surface area contributed by atoms with Crippen molar-refractivity contribution in [1.29, 1.82) is 0 Å². The summed E-state index contributed by atoms with van der Waals surface area (Å²) in [4.78, 5) is 31.8. The van der Waals surface area contributed by atoms with E-state index >= 15 is 0 Å². The van der Waals surface area contributed by atoms with Crippen molar-refractivity contribution in [2.45, 2.75) is 12.5 Å². The van der Waals surface area contributed by atoms with Crippen LogP contribution in [0.4, 0.5) is 5.69 Å². The van der Waals surface area contributed by atoms with Crippen LogP contribution in [0.25, 0.3) is 0 Å². The van der Waals surface area contributed by atoms with Crippen LogP contribution in [0, 0.1) is 0 Å². The van der Waals surface area contributed by atoms with Crippen molar-refractivity contribution in [2.24, 2.45) is 0 Å². The first-order valence-corrected chi connectivity index (χ1v) is 11.3. The lowest BCUT2D eigenvalue weighted by atomic mass is 9.96. The fourth-order valence-electron chi connectivity index (χ4n) is 5.45. The molecule has 5 nitrogen and oxygen atoms in total. The second kappa shape index (κ2) is 7.61. The molecule has 1 saturated heterocycles. The fourth-order valence-corrected chi connectivity index (χ4v) is 5.45. The number of fused-ring (bicyclic) bond motifs is 6. The zero-order valence-corrected chi connectivity index (χ0v) is 17.9. The van der Waals surface area contributed by atoms with Crippen LogP contribution >= 0.6 is 0 Å². The van der Waals surface area contributed by atoms with E-state index in [0.717, 1.165) is 26.1 Å². The number of hydrogen-bond donors (Lipinski definition) is 0. The minimum Gasteiger partial charge on any atom is -0.362 e. The Morgan fingerprint density at radius 3 is 2.16 bits per heavy atom. The lowest BCUT2D eigenvalue weighted by Crippen LogP contribution is -2.50. The average Bonchev–Trinajstić information content (AvgIpc) is 2.99. The molecule has 1 atom stereocenters. The monoisotopic (exact) mass is 423 g/mol. The first-order chi connectivity index (χ1) is 15.7. The highest BCUT2D eigenvalue weighted by Crippen LogP contribution is 2.39. The highest BCUT2D eigenvalue weighted by Gasteiger charge is 2.37. The summed E-state index contributed by atoms with van der Waals surface area (Å²) in [5, 5.41) is 0. The molecule has 3 aromatic rings. The molecule has 5 heteroatoms. The Kier molecular flexibility index (Phi) is 4.58. The van der Waals surface area contributed by atoms with Gasteiger partial charge < -0.3 is 4.90 Å². The van der Waals surface area contributed by atoms with Gasteiger partial charge in [0.15, 0.2) is 0 Å². The number of piperazine rings is 1. The molecule has 0 radical (unpaired) electrons. The molecule has 0 N–H and O–H groups in total. The van der Waals surface area contributed by atoms with Crippen molar-refractivity contribution in [3.63, 3.8) is 0 Å². The second-order valence-electron chi connectivity index (χ2n) is 8.82. The number of amides is 2. The molecule has 3 aromatic carbocycles. The molecule has 0 aromatic heterocycles. The Morgan fingerprint density at radius 1 is 0.719 bits per heavy atom. The van der Waals surface area contributed by atoms with Crippen LogP contribution in [-0.4, -0.2) is 54.3 Å². The predicted octanol–water partition coefficient (Wildman–Crippen LogP) is 3.75. The van der Waals surface area contributed by atoms with E-state index in [0.29, 0.717) is 24.2 Å². The molecule has 32 heavy (non-hydrogen) atoms. The van der Waals surface area contributed by atoms with Gasteiger partial charge in [-0.3, -0.25) is 19.4 Å². The second-order valence-corrected chi connectivity index (χ2v) is 8.82. The zero-order chi connectivity index (χ0) is 21.7. The molecule has 3 aliphatic heterocycles. The summed E-state index contributed by atoms with van der Waals surface area (Å²) in [6.45, 7) is 3.85. The van der Waals surface area contributed by atoms with Gasteiger partial charge in [0, 0.05) is 38.4 Å². The number of imide groups is 1. The van der Waals surface area contributed by atoms with Crippen molar-refractivity contribution in [2.75, 3.05) is 37.6 Å². The van der Waals surface area contributed by atoms with Gasteiger partial charge in [0.1, 0.15) is 0 Å². The molecule has 0 saturated carbocycles. The quantitative estimate of drug-likeness (QED) is 0.602. The maximum Gasteiger partial charge on any atom is 0.261 e. The van der Waals surface area contributed by atoms with Crippen LogP contribution in [0.1, 0.15) is 43.4 Å².